The van der Waals surface area contributed by atoms with Gasteiger partial charge in [0.2, 0.25) is 5.91 Å². The van der Waals surface area contributed by atoms with Crippen LogP contribution in [-0.4, -0.2) is 38.8 Å². The number of nitrogens with zero attached hydrogens (tertiary/aromatic N) is 1. The summed E-state index contributed by atoms with van der Waals surface area (Å²) in [6.07, 6.45) is 2.33. The van der Waals surface area contributed by atoms with Crippen LogP contribution in [0.3, 0.4) is 0 Å². The van der Waals surface area contributed by atoms with E-state index in [1.165, 1.54) is 6.42 Å². The number of rotatable bonds is 5. The molecule has 0 aliphatic carbocycles. The highest BCUT2D eigenvalue weighted by atomic mass is 16.5. The maximum Gasteiger partial charge on any atom is 0.246 e. The third kappa shape index (κ3) is 5.35. The second kappa shape index (κ2) is 7.21. The summed E-state index contributed by atoms with van der Waals surface area (Å²) in [6, 6.07) is 1.84. The lowest BCUT2D eigenvalue weighted by Crippen LogP contribution is -2.34. The van der Waals surface area contributed by atoms with E-state index in [-0.39, 0.29) is 19.1 Å². The normalized spacial score (nSPS) is 20.6. The highest BCUT2D eigenvalue weighted by molar-refractivity contribution is 5.77. The Labute approximate surface area is 89.8 Å². The van der Waals surface area contributed by atoms with Crippen LogP contribution in [-0.2, 0) is 9.53 Å². The lowest BCUT2D eigenvalue weighted by Gasteiger charge is -2.22. The van der Waals surface area contributed by atoms with Gasteiger partial charge in [0.05, 0.1) is 12.7 Å². The molecule has 1 atom stereocenters. The zero-order valence-electron chi connectivity index (χ0n) is 8.79. The van der Waals surface area contributed by atoms with Crippen molar-refractivity contribution in [3.05, 3.63) is 0 Å². The fourth-order valence-corrected chi connectivity index (χ4v) is 1.57. The molecule has 0 spiro atoms. The Hall–Kier alpha value is -1.12. The second-order valence-corrected chi connectivity index (χ2v) is 3.66. The van der Waals surface area contributed by atoms with Crippen molar-refractivity contribution in [2.75, 3.05) is 32.8 Å². The Kier molecular flexibility index (Phi) is 5.74. The summed E-state index contributed by atoms with van der Waals surface area (Å²) in [7, 11) is 0. The Morgan fingerprint density at radius 1 is 1.67 bits per heavy atom. The van der Waals surface area contributed by atoms with E-state index in [1.54, 1.807) is 0 Å². The summed E-state index contributed by atoms with van der Waals surface area (Å²) in [4.78, 5) is 11.0. The Morgan fingerprint density at radius 2 is 2.53 bits per heavy atom. The van der Waals surface area contributed by atoms with Crippen molar-refractivity contribution < 1.29 is 9.53 Å². The maximum absolute atomic E-state index is 11.0. The smallest absolute Gasteiger partial charge is 0.246 e. The molecule has 1 amide bonds. The SMILES string of the molecule is N#CCNC(=O)COCC1CCCNC1. The Bertz CT molecular complexity index is 231. The summed E-state index contributed by atoms with van der Waals surface area (Å²) in [5.74, 6) is 0.294. The molecule has 1 aliphatic rings. The number of hydrogen-bond acceptors (Lipinski definition) is 4. The number of piperidine rings is 1. The fraction of sp³-hybridized carbons (Fsp3) is 0.800. The lowest BCUT2D eigenvalue weighted by atomic mass is 10.0. The molecule has 0 bridgehead atoms. The molecule has 1 unspecified atom stereocenters. The third-order valence-electron chi connectivity index (χ3n) is 2.35. The zero-order chi connectivity index (χ0) is 10.9. The predicted octanol–water partition coefficient (Wildman–Crippen LogP) is -0.358. The molecule has 0 radical (unpaired) electrons. The van der Waals surface area contributed by atoms with E-state index in [4.69, 9.17) is 10.00 Å². The van der Waals surface area contributed by atoms with Crippen LogP contribution >= 0.6 is 0 Å². The molecular formula is C10H17N3O2. The van der Waals surface area contributed by atoms with Gasteiger partial charge in [-0.1, -0.05) is 0 Å². The summed E-state index contributed by atoms with van der Waals surface area (Å²) in [6.45, 7) is 2.78. The minimum Gasteiger partial charge on any atom is -0.371 e. The highest BCUT2D eigenvalue weighted by Gasteiger charge is 2.13. The van der Waals surface area contributed by atoms with Crippen molar-refractivity contribution in [3.8, 4) is 6.07 Å². The van der Waals surface area contributed by atoms with Gasteiger partial charge in [0.25, 0.3) is 0 Å². The molecule has 1 fully saturated rings. The van der Waals surface area contributed by atoms with Gasteiger partial charge in [-0.2, -0.15) is 5.26 Å². The van der Waals surface area contributed by atoms with Gasteiger partial charge in [0.1, 0.15) is 13.2 Å². The zero-order valence-corrected chi connectivity index (χ0v) is 8.79. The first kappa shape index (κ1) is 12.0. The van der Waals surface area contributed by atoms with Crippen LogP contribution in [0, 0.1) is 17.2 Å². The van der Waals surface area contributed by atoms with E-state index in [0.29, 0.717) is 12.5 Å². The van der Waals surface area contributed by atoms with Gasteiger partial charge >= 0.3 is 0 Å². The molecule has 15 heavy (non-hydrogen) atoms. The van der Waals surface area contributed by atoms with E-state index in [1.807, 2.05) is 6.07 Å². The summed E-state index contributed by atoms with van der Waals surface area (Å²) in [5, 5.41) is 13.9. The first-order chi connectivity index (χ1) is 7.33. The second-order valence-electron chi connectivity index (χ2n) is 3.66. The largest absolute Gasteiger partial charge is 0.371 e. The summed E-state index contributed by atoms with van der Waals surface area (Å²) >= 11 is 0. The van der Waals surface area contributed by atoms with Crippen molar-refractivity contribution in [1.29, 1.82) is 5.26 Å². The molecule has 2 N–H and O–H groups in total. The number of carbonyl (C=O) groups is 1. The van der Waals surface area contributed by atoms with Crippen molar-refractivity contribution in [1.82, 2.24) is 10.6 Å². The number of nitriles is 1. The molecule has 0 aromatic heterocycles. The van der Waals surface area contributed by atoms with E-state index >= 15 is 0 Å². The van der Waals surface area contributed by atoms with E-state index in [2.05, 4.69) is 10.6 Å². The number of nitrogens with one attached hydrogen (secondary N) is 2. The first-order valence-electron chi connectivity index (χ1n) is 5.25. The van der Waals surface area contributed by atoms with Crippen molar-refractivity contribution >= 4 is 5.91 Å². The van der Waals surface area contributed by atoms with E-state index < -0.39 is 0 Å². The maximum atomic E-state index is 11.0. The van der Waals surface area contributed by atoms with Gasteiger partial charge < -0.3 is 15.4 Å². The van der Waals surface area contributed by atoms with Gasteiger partial charge in [-0.3, -0.25) is 4.79 Å². The standard InChI is InChI=1S/C10H17N3O2/c11-3-5-13-10(14)8-15-7-9-2-1-4-12-6-9/h9,12H,1-2,4-8H2,(H,13,14). The topological polar surface area (TPSA) is 74.2 Å². The van der Waals surface area contributed by atoms with Crippen LogP contribution in [0.15, 0.2) is 0 Å². The molecule has 0 aromatic carbocycles. The minimum atomic E-state index is -0.222. The van der Waals surface area contributed by atoms with Crippen LogP contribution in [0.4, 0.5) is 0 Å². The molecule has 0 aromatic rings. The molecular weight excluding hydrogens is 194 g/mol. The third-order valence-corrected chi connectivity index (χ3v) is 2.35. The monoisotopic (exact) mass is 211 g/mol. The van der Waals surface area contributed by atoms with Crippen LogP contribution in [0.25, 0.3) is 0 Å². The molecule has 1 aliphatic heterocycles. The van der Waals surface area contributed by atoms with E-state index in [9.17, 15) is 4.79 Å². The molecule has 1 rings (SSSR count). The van der Waals surface area contributed by atoms with Gasteiger partial charge in [0, 0.05) is 6.54 Å². The molecule has 84 valence electrons. The predicted molar refractivity (Wildman–Crippen MR) is 55.0 cm³/mol. The quantitative estimate of drug-likeness (QED) is 0.609. The molecule has 5 nitrogen and oxygen atoms in total. The van der Waals surface area contributed by atoms with Crippen molar-refractivity contribution in [3.63, 3.8) is 0 Å². The summed E-state index contributed by atoms with van der Waals surface area (Å²) in [5.41, 5.74) is 0. The first-order valence-corrected chi connectivity index (χ1v) is 5.25. The van der Waals surface area contributed by atoms with Gasteiger partial charge in [-0.15, -0.1) is 0 Å². The average molecular weight is 211 g/mol. The number of ether oxygens (including phenoxy) is 1. The number of hydrogen-bond donors (Lipinski definition) is 2. The molecule has 5 heteroatoms. The average Bonchev–Trinajstić information content (AvgIpc) is 2.28. The Balaban J connectivity index is 2.00. The van der Waals surface area contributed by atoms with Gasteiger partial charge in [0.15, 0.2) is 0 Å². The van der Waals surface area contributed by atoms with Crippen LogP contribution in [0.2, 0.25) is 0 Å². The lowest BCUT2D eigenvalue weighted by molar-refractivity contribution is -0.125. The number of carbonyl (C=O) groups excluding carboxylic acids is 1. The van der Waals surface area contributed by atoms with Gasteiger partial charge in [-0.05, 0) is 25.3 Å². The van der Waals surface area contributed by atoms with Crippen molar-refractivity contribution in [2.45, 2.75) is 12.8 Å². The molecule has 1 saturated heterocycles. The number of amides is 1. The van der Waals surface area contributed by atoms with Crippen LogP contribution in [0.1, 0.15) is 12.8 Å². The van der Waals surface area contributed by atoms with Crippen molar-refractivity contribution in [2.24, 2.45) is 5.92 Å². The molecule has 0 saturated carbocycles. The van der Waals surface area contributed by atoms with Crippen LogP contribution < -0.4 is 10.6 Å². The summed E-state index contributed by atoms with van der Waals surface area (Å²) < 4.78 is 5.27. The van der Waals surface area contributed by atoms with Crippen LogP contribution in [0.5, 0.6) is 0 Å². The van der Waals surface area contributed by atoms with Gasteiger partial charge in [-0.25, -0.2) is 0 Å². The Morgan fingerprint density at radius 3 is 3.20 bits per heavy atom. The minimum absolute atomic E-state index is 0.0488. The van der Waals surface area contributed by atoms with E-state index in [0.717, 1.165) is 19.5 Å². The molecule has 1 heterocycles. The fourth-order valence-electron chi connectivity index (χ4n) is 1.57. The highest BCUT2D eigenvalue weighted by Crippen LogP contribution is 2.09.